The van der Waals surface area contributed by atoms with Crippen LogP contribution in [0.25, 0.3) is 0 Å². The first-order valence-corrected chi connectivity index (χ1v) is 12.9. The van der Waals surface area contributed by atoms with E-state index in [4.69, 9.17) is 14.2 Å². The van der Waals surface area contributed by atoms with Gasteiger partial charge in [-0.1, -0.05) is 6.92 Å². The van der Waals surface area contributed by atoms with Crippen LogP contribution in [0.2, 0.25) is 0 Å². The highest BCUT2D eigenvalue weighted by Crippen LogP contribution is 2.62. The maximum atomic E-state index is 14.0. The number of aliphatic hydroxyl groups excluding tert-OH is 1. The number of allylic oxidation sites excluding steroid dienone is 1. The zero-order valence-electron chi connectivity index (χ0n) is 22.6. The third-order valence-electron chi connectivity index (χ3n) is 8.81. The molecule has 1 N–H and O–H groups in total. The van der Waals surface area contributed by atoms with E-state index in [-0.39, 0.29) is 42.0 Å². The number of hydrogen-bond acceptors (Lipinski definition) is 10. The van der Waals surface area contributed by atoms with E-state index < -0.39 is 52.4 Å². The molecule has 5 unspecified atom stereocenters. The van der Waals surface area contributed by atoms with Gasteiger partial charge in [-0.15, -0.1) is 0 Å². The quantitative estimate of drug-likeness (QED) is 0.442. The molecule has 5 atom stereocenters. The lowest BCUT2D eigenvalue weighted by atomic mass is 9.53. The first kappa shape index (κ1) is 26.8. The fourth-order valence-corrected chi connectivity index (χ4v) is 6.93. The van der Waals surface area contributed by atoms with Crippen molar-refractivity contribution in [2.24, 2.45) is 16.7 Å². The summed E-state index contributed by atoms with van der Waals surface area (Å²) in [4.78, 5) is 58.4. The number of ketones is 2. The Morgan fingerprint density at radius 2 is 1.95 bits per heavy atom. The molecule has 1 saturated heterocycles. The second-order valence-corrected chi connectivity index (χ2v) is 11.0. The summed E-state index contributed by atoms with van der Waals surface area (Å²) < 4.78 is 17.1. The number of anilines is 1. The summed E-state index contributed by atoms with van der Waals surface area (Å²) in [6.45, 7) is 4.80. The number of pyridine rings is 1. The molecule has 4 aliphatic rings. The number of aromatic nitrogens is 1. The van der Waals surface area contributed by atoms with Crippen molar-refractivity contribution in [3.63, 3.8) is 0 Å². The summed E-state index contributed by atoms with van der Waals surface area (Å²) >= 11 is 0. The second kappa shape index (κ2) is 9.44. The van der Waals surface area contributed by atoms with Crippen molar-refractivity contribution >= 4 is 29.2 Å². The van der Waals surface area contributed by atoms with Crippen LogP contribution in [0.15, 0.2) is 58.8 Å². The van der Waals surface area contributed by atoms with E-state index in [1.165, 1.54) is 20.2 Å². The number of aliphatic hydroxyl groups is 1. The van der Waals surface area contributed by atoms with Crippen LogP contribution in [-0.2, 0) is 33.4 Å². The number of methoxy groups -OCH3 is 1. The lowest BCUT2D eigenvalue weighted by Crippen LogP contribution is -2.57. The number of rotatable bonds is 5. The van der Waals surface area contributed by atoms with Crippen LogP contribution < -0.4 is 4.90 Å². The summed E-state index contributed by atoms with van der Waals surface area (Å²) in [5, 5.41) is 11.6. The molecule has 2 fully saturated rings. The van der Waals surface area contributed by atoms with Gasteiger partial charge in [-0.3, -0.25) is 19.4 Å². The summed E-state index contributed by atoms with van der Waals surface area (Å²) in [6.07, 6.45) is 3.75. The molecule has 39 heavy (non-hydrogen) atoms. The number of ether oxygens (including phenoxy) is 3. The summed E-state index contributed by atoms with van der Waals surface area (Å²) in [5.41, 5.74) is -0.677. The highest BCUT2D eigenvalue weighted by Gasteiger charge is 2.64. The minimum atomic E-state index is -1.28. The van der Waals surface area contributed by atoms with Gasteiger partial charge in [-0.05, 0) is 31.1 Å². The van der Waals surface area contributed by atoms with Crippen molar-refractivity contribution in [3.05, 3.63) is 58.8 Å². The molecule has 5 rings (SSSR count). The molecule has 0 spiro atoms. The third-order valence-corrected chi connectivity index (χ3v) is 8.81. The maximum absolute atomic E-state index is 14.0. The molecule has 10 heteroatoms. The van der Waals surface area contributed by atoms with Crippen molar-refractivity contribution in [1.82, 2.24) is 4.98 Å². The van der Waals surface area contributed by atoms with Crippen LogP contribution in [0.1, 0.15) is 40.0 Å². The van der Waals surface area contributed by atoms with Crippen LogP contribution >= 0.6 is 0 Å². The average molecular weight is 537 g/mol. The highest BCUT2D eigenvalue weighted by molar-refractivity contribution is 6.14. The van der Waals surface area contributed by atoms with Crippen LogP contribution in [0.5, 0.6) is 0 Å². The molecule has 1 saturated carbocycles. The Bertz CT molecular complexity index is 1360. The van der Waals surface area contributed by atoms with E-state index >= 15 is 0 Å². The van der Waals surface area contributed by atoms with E-state index in [1.54, 1.807) is 50.3 Å². The monoisotopic (exact) mass is 536 g/mol. The molecule has 0 radical (unpaired) electrons. The van der Waals surface area contributed by atoms with E-state index in [9.17, 15) is 24.3 Å². The van der Waals surface area contributed by atoms with Gasteiger partial charge in [0.15, 0.2) is 5.76 Å². The largest absolute Gasteiger partial charge is 0.504 e. The Hall–Kier alpha value is -3.79. The van der Waals surface area contributed by atoms with Crippen molar-refractivity contribution < 1.29 is 38.5 Å². The summed E-state index contributed by atoms with van der Waals surface area (Å²) in [6, 6.07) is 3.49. The first-order valence-electron chi connectivity index (χ1n) is 12.9. The number of cyclic esters (lactones) is 1. The average Bonchev–Trinajstić information content (AvgIpc) is 3.18. The number of fused-ring (bicyclic) bond motifs is 4. The van der Waals surface area contributed by atoms with Crippen LogP contribution in [-0.4, -0.2) is 66.6 Å². The Morgan fingerprint density at radius 1 is 1.26 bits per heavy atom. The smallest absolute Gasteiger partial charge is 0.340 e. The summed E-state index contributed by atoms with van der Waals surface area (Å²) in [5.74, 6) is -3.01. The van der Waals surface area contributed by atoms with Gasteiger partial charge >= 0.3 is 11.9 Å². The molecule has 1 aliphatic heterocycles. The number of esters is 2. The molecule has 0 bridgehead atoms. The number of carbonyl (C=O) groups excluding carboxylic acids is 4. The number of hydrogen-bond donors (Lipinski definition) is 1. The predicted molar refractivity (Wildman–Crippen MR) is 138 cm³/mol. The fraction of sp³-hybridized carbons (Fsp3) is 0.483. The van der Waals surface area contributed by atoms with Gasteiger partial charge < -0.3 is 24.2 Å². The van der Waals surface area contributed by atoms with Gasteiger partial charge in [0.2, 0.25) is 5.78 Å². The molecule has 1 aromatic rings. The Morgan fingerprint density at radius 3 is 2.59 bits per heavy atom. The van der Waals surface area contributed by atoms with Crippen molar-refractivity contribution in [2.75, 3.05) is 25.7 Å². The first-order chi connectivity index (χ1) is 18.4. The third kappa shape index (κ3) is 3.92. The van der Waals surface area contributed by atoms with Crippen LogP contribution in [0.4, 0.5) is 5.69 Å². The number of carbonyl (C=O) groups is 4. The molecule has 1 aromatic heterocycles. The van der Waals surface area contributed by atoms with Gasteiger partial charge in [-0.25, -0.2) is 4.79 Å². The molecule has 0 amide bonds. The zero-order valence-corrected chi connectivity index (χ0v) is 22.6. The minimum absolute atomic E-state index is 0.000950. The Balaban J connectivity index is 1.76. The maximum Gasteiger partial charge on any atom is 0.340 e. The molecule has 0 aromatic carbocycles. The van der Waals surface area contributed by atoms with Crippen molar-refractivity contribution in [2.45, 2.75) is 52.2 Å². The SMILES string of the molecule is COCC1OC(=O)C(=CN(C)c2ccncc2)C2=C(O)C(=O)C3=C(C(OC(C)=O)CC4(C)C(=O)CCC34)C21C. The number of nitrogens with zero attached hydrogens (tertiary/aromatic N) is 2. The molecule has 2 heterocycles. The van der Waals surface area contributed by atoms with E-state index in [2.05, 4.69) is 4.98 Å². The molecule has 206 valence electrons. The van der Waals surface area contributed by atoms with E-state index in [1.807, 2.05) is 0 Å². The summed E-state index contributed by atoms with van der Waals surface area (Å²) in [7, 11) is 3.18. The minimum Gasteiger partial charge on any atom is -0.504 e. The van der Waals surface area contributed by atoms with Crippen LogP contribution in [0.3, 0.4) is 0 Å². The van der Waals surface area contributed by atoms with Gasteiger partial charge in [0.25, 0.3) is 0 Å². The van der Waals surface area contributed by atoms with Gasteiger partial charge in [-0.2, -0.15) is 0 Å². The molecule has 10 nitrogen and oxygen atoms in total. The lowest BCUT2D eigenvalue weighted by Gasteiger charge is -2.53. The van der Waals surface area contributed by atoms with Gasteiger partial charge in [0, 0.05) is 80.7 Å². The van der Waals surface area contributed by atoms with Gasteiger partial charge in [0.1, 0.15) is 18.0 Å². The topological polar surface area (TPSA) is 132 Å². The standard InChI is InChI=1S/C29H32N2O8/c1-15(32)38-19-12-28(2)18(6-7-20(28)33)22-24(19)29(3)21(14-37-5)39-27(36)17(23(29)26(35)25(22)34)13-31(4)16-8-10-30-11-9-16/h8-11,13,18-19,21,35H,6-7,12,14H2,1-5H3. The second-order valence-electron chi connectivity index (χ2n) is 11.0. The van der Waals surface area contributed by atoms with Crippen molar-refractivity contribution in [3.8, 4) is 0 Å². The van der Waals surface area contributed by atoms with Gasteiger partial charge in [0.05, 0.1) is 17.6 Å². The zero-order chi connectivity index (χ0) is 28.3. The van der Waals surface area contributed by atoms with E-state index in [0.717, 1.165) is 0 Å². The van der Waals surface area contributed by atoms with Crippen LogP contribution in [0, 0.1) is 16.7 Å². The highest BCUT2D eigenvalue weighted by atomic mass is 16.6. The predicted octanol–water partition coefficient (Wildman–Crippen LogP) is 2.99. The Kier molecular flexibility index (Phi) is 6.49. The molecular weight excluding hydrogens is 504 g/mol. The fourth-order valence-electron chi connectivity index (χ4n) is 6.93. The lowest BCUT2D eigenvalue weighted by molar-refractivity contribution is -0.160. The molecular formula is C29H32N2O8. The normalized spacial score (nSPS) is 33.0. The Labute approximate surface area is 226 Å². The number of Topliss-reactive ketones (excluding diaryl/α,β-unsaturated/α-hetero) is 2. The molecule has 3 aliphatic carbocycles. The van der Waals surface area contributed by atoms with E-state index in [0.29, 0.717) is 17.7 Å². The van der Waals surface area contributed by atoms with Crippen molar-refractivity contribution in [1.29, 1.82) is 0 Å².